The SMILES string of the molecule is COC(=O)Cc1c(C)ccc(C=O)c1Cl. The van der Waals surface area contributed by atoms with Gasteiger partial charge in [-0.25, -0.2) is 0 Å². The van der Waals surface area contributed by atoms with Gasteiger partial charge in [0, 0.05) is 5.56 Å². The van der Waals surface area contributed by atoms with E-state index in [1.165, 1.54) is 7.11 Å². The zero-order chi connectivity index (χ0) is 11.4. The van der Waals surface area contributed by atoms with Crippen molar-refractivity contribution in [3.8, 4) is 0 Å². The first-order valence-electron chi connectivity index (χ1n) is 4.40. The van der Waals surface area contributed by atoms with Crippen molar-refractivity contribution in [3.05, 3.63) is 33.8 Å². The number of carbonyl (C=O) groups excluding carboxylic acids is 2. The third-order valence-corrected chi connectivity index (χ3v) is 2.63. The number of aryl methyl sites for hydroxylation is 1. The molecule has 0 aromatic heterocycles. The van der Waals surface area contributed by atoms with Crippen LogP contribution in [-0.4, -0.2) is 19.4 Å². The zero-order valence-corrected chi connectivity index (χ0v) is 9.30. The van der Waals surface area contributed by atoms with Crippen LogP contribution in [0.5, 0.6) is 0 Å². The molecule has 0 unspecified atom stereocenters. The van der Waals surface area contributed by atoms with E-state index in [-0.39, 0.29) is 12.4 Å². The third kappa shape index (κ3) is 2.57. The van der Waals surface area contributed by atoms with E-state index in [4.69, 9.17) is 11.6 Å². The predicted octanol–water partition coefficient (Wildman–Crippen LogP) is 2.18. The van der Waals surface area contributed by atoms with Gasteiger partial charge in [0.25, 0.3) is 0 Å². The number of rotatable bonds is 3. The lowest BCUT2D eigenvalue weighted by molar-refractivity contribution is -0.139. The Morgan fingerprint density at radius 3 is 2.73 bits per heavy atom. The molecular weight excluding hydrogens is 216 g/mol. The lowest BCUT2D eigenvalue weighted by Gasteiger charge is -2.08. The molecule has 0 aliphatic carbocycles. The number of ether oxygens (including phenoxy) is 1. The molecule has 0 amide bonds. The van der Waals surface area contributed by atoms with E-state index in [2.05, 4.69) is 4.74 Å². The fourth-order valence-electron chi connectivity index (χ4n) is 1.26. The fourth-order valence-corrected chi connectivity index (χ4v) is 1.58. The molecule has 0 radical (unpaired) electrons. The lowest BCUT2D eigenvalue weighted by Crippen LogP contribution is -2.07. The van der Waals surface area contributed by atoms with Gasteiger partial charge in [0.05, 0.1) is 18.6 Å². The molecular formula is C11H11ClO3. The Kier molecular flexibility index (Phi) is 3.86. The molecule has 15 heavy (non-hydrogen) atoms. The van der Waals surface area contributed by atoms with E-state index < -0.39 is 0 Å². The predicted molar refractivity (Wildman–Crippen MR) is 57.3 cm³/mol. The van der Waals surface area contributed by atoms with Crippen molar-refractivity contribution >= 4 is 23.9 Å². The van der Waals surface area contributed by atoms with Gasteiger partial charge in [-0.2, -0.15) is 0 Å². The van der Waals surface area contributed by atoms with E-state index in [1.54, 1.807) is 12.1 Å². The highest BCUT2D eigenvalue weighted by Crippen LogP contribution is 2.24. The van der Waals surface area contributed by atoms with Crippen molar-refractivity contribution in [2.75, 3.05) is 7.11 Å². The molecule has 0 atom stereocenters. The minimum absolute atomic E-state index is 0.0862. The van der Waals surface area contributed by atoms with Gasteiger partial charge >= 0.3 is 5.97 Å². The first-order valence-corrected chi connectivity index (χ1v) is 4.78. The van der Waals surface area contributed by atoms with E-state index >= 15 is 0 Å². The van der Waals surface area contributed by atoms with Gasteiger partial charge in [-0.3, -0.25) is 9.59 Å². The first kappa shape index (κ1) is 11.7. The molecule has 4 heteroatoms. The molecule has 0 spiro atoms. The van der Waals surface area contributed by atoms with Gasteiger partial charge in [0.15, 0.2) is 6.29 Å². The summed E-state index contributed by atoms with van der Waals surface area (Å²) in [6, 6.07) is 3.39. The van der Waals surface area contributed by atoms with Crippen molar-refractivity contribution in [2.45, 2.75) is 13.3 Å². The van der Waals surface area contributed by atoms with Crippen molar-refractivity contribution in [1.82, 2.24) is 0 Å². The van der Waals surface area contributed by atoms with Crippen molar-refractivity contribution in [1.29, 1.82) is 0 Å². The molecule has 0 aliphatic rings. The number of methoxy groups -OCH3 is 1. The lowest BCUT2D eigenvalue weighted by atomic mass is 10.0. The highest BCUT2D eigenvalue weighted by molar-refractivity contribution is 6.34. The van der Waals surface area contributed by atoms with Crippen molar-refractivity contribution < 1.29 is 14.3 Å². The van der Waals surface area contributed by atoms with Crippen LogP contribution < -0.4 is 0 Å². The summed E-state index contributed by atoms with van der Waals surface area (Å²) in [4.78, 5) is 21.8. The van der Waals surface area contributed by atoms with Crippen LogP contribution in [0.15, 0.2) is 12.1 Å². The zero-order valence-electron chi connectivity index (χ0n) is 8.54. The smallest absolute Gasteiger partial charge is 0.310 e. The Bertz CT molecular complexity index is 399. The monoisotopic (exact) mass is 226 g/mol. The van der Waals surface area contributed by atoms with E-state index in [1.807, 2.05) is 6.92 Å². The maximum atomic E-state index is 11.1. The van der Waals surface area contributed by atoms with Crippen LogP contribution in [-0.2, 0) is 16.0 Å². The number of esters is 1. The Labute approximate surface area is 93.0 Å². The summed E-state index contributed by atoms with van der Waals surface area (Å²) < 4.78 is 4.55. The summed E-state index contributed by atoms with van der Waals surface area (Å²) in [5.41, 5.74) is 1.91. The van der Waals surface area contributed by atoms with Crippen LogP contribution in [0.25, 0.3) is 0 Å². The van der Waals surface area contributed by atoms with E-state index in [9.17, 15) is 9.59 Å². The second-order valence-corrected chi connectivity index (χ2v) is 3.51. The first-order chi connectivity index (χ1) is 7.10. The normalized spacial score (nSPS) is 9.80. The average Bonchev–Trinajstić information content (AvgIpc) is 2.24. The minimum Gasteiger partial charge on any atom is -0.469 e. The summed E-state index contributed by atoms with van der Waals surface area (Å²) in [5.74, 6) is -0.372. The van der Waals surface area contributed by atoms with Gasteiger partial charge in [-0.1, -0.05) is 17.7 Å². The van der Waals surface area contributed by atoms with Gasteiger partial charge in [0.1, 0.15) is 0 Å². The molecule has 80 valence electrons. The number of hydrogen-bond acceptors (Lipinski definition) is 3. The quantitative estimate of drug-likeness (QED) is 0.586. The van der Waals surface area contributed by atoms with Crippen LogP contribution in [0.1, 0.15) is 21.5 Å². The fraction of sp³-hybridized carbons (Fsp3) is 0.273. The number of carbonyl (C=O) groups is 2. The maximum Gasteiger partial charge on any atom is 0.310 e. The van der Waals surface area contributed by atoms with Gasteiger partial charge in [-0.15, -0.1) is 0 Å². The van der Waals surface area contributed by atoms with Gasteiger partial charge in [0.2, 0.25) is 0 Å². The molecule has 1 aromatic rings. The van der Waals surface area contributed by atoms with Crippen molar-refractivity contribution in [3.63, 3.8) is 0 Å². The minimum atomic E-state index is -0.372. The average molecular weight is 227 g/mol. The van der Waals surface area contributed by atoms with E-state index in [0.29, 0.717) is 22.4 Å². The Morgan fingerprint density at radius 1 is 1.53 bits per heavy atom. The molecule has 3 nitrogen and oxygen atoms in total. The van der Waals surface area contributed by atoms with E-state index in [0.717, 1.165) is 5.56 Å². The molecule has 1 aromatic carbocycles. The number of aldehydes is 1. The second kappa shape index (κ2) is 4.94. The molecule has 1 rings (SSSR count). The Balaban J connectivity index is 3.15. The number of hydrogen-bond donors (Lipinski definition) is 0. The van der Waals surface area contributed by atoms with Crippen molar-refractivity contribution in [2.24, 2.45) is 0 Å². The second-order valence-electron chi connectivity index (χ2n) is 3.13. The Hall–Kier alpha value is -1.35. The highest BCUT2D eigenvalue weighted by Gasteiger charge is 2.12. The summed E-state index contributed by atoms with van der Waals surface area (Å²) >= 11 is 5.98. The highest BCUT2D eigenvalue weighted by atomic mass is 35.5. The largest absolute Gasteiger partial charge is 0.469 e. The molecule has 0 heterocycles. The van der Waals surface area contributed by atoms with Crippen LogP contribution >= 0.6 is 11.6 Å². The molecule has 0 N–H and O–H groups in total. The van der Waals surface area contributed by atoms with Crippen LogP contribution in [0.4, 0.5) is 0 Å². The standard InChI is InChI=1S/C11H11ClO3/c1-7-3-4-8(6-13)11(12)9(7)5-10(14)15-2/h3-4,6H,5H2,1-2H3. The molecule has 0 saturated carbocycles. The number of benzene rings is 1. The van der Waals surface area contributed by atoms with Gasteiger partial charge < -0.3 is 4.74 Å². The van der Waals surface area contributed by atoms with Crippen LogP contribution in [0.2, 0.25) is 5.02 Å². The maximum absolute atomic E-state index is 11.1. The summed E-state index contributed by atoms with van der Waals surface area (Å²) in [6.45, 7) is 1.83. The molecule has 0 fully saturated rings. The molecule has 0 aliphatic heterocycles. The van der Waals surface area contributed by atoms with Gasteiger partial charge in [-0.05, 0) is 24.1 Å². The van der Waals surface area contributed by atoms with Crippen LogP contribution in [0, 0.1) is 6.92 Å². The Morgan fingerprint density at radius 2 is 2.20 bits per heavy atom. The third-order valence-electron chi connectivity index (χ3n) is 2.18. The summed E-state index contributed by atoms with van der Waals surface area (Å²) in [5, 5.41) is 0.329. The molecule has 0 saturated heterocycles. The summed E-state index contributed by atoms with van der Waals surface area (Å²) in [7, 11) is 1.31. The number of halogens is 1. The van der Waals surface area contributed by atoms with Crippen LogP contribution in [0.3, 0.4) is 0 Å². The summed E-state index contributed by atoms with van der Waals surface area (Å²) in [6.07, 6.45) is 0.755. The molecule has 0 bridgehead atoms. The topological polar surface area (TPSA) is 43.4 Å².